The first-order chi connectivity index (χ1) is 14.0. The summed E-state index contributed by atoms with van der Waals surface area (Å²) in [6.07, 6.45) is 3.32. The first kappa shape index (κ1) is 20.4. The van der Waals surface area contributed by atoms with Crippen LogP contribution in [0, 0.1) is 10.5 Å². The molecular formula is C22H22IN3O2S. The van der Waals surface area contributed by atoms with Gasteiger partial charge in [0.1, 0.15) is 0 Å². The summed E-state index contributed by atoms with van der Waals surface area (Å²) < 4.78 is 2.62. The molecule has 1 amide bonds. The summed E-state index contributed by atoms with van der Waals surface area (Å²) >= 11 is 3.54. The number of aromatic nitrogens is 2. The van der Waals surface area contributed by atoms with Crippen LogP contribution in [-0.4, -0.2) is 39.2 Å². The number of likely N-dealkylation sites (tertiary alicyclic amines) is 1. The number of hydrogen-bond acceptors (Lipinski definition) is 4. The van der Waals surface area contributed by atoms with Gasteiger partial charge in [-0.05, 0) is 79.1 Å². The van der Waals surface area contributed by atoms with Crippen LogP contribution in [0.15, 0.2) is 52.4 Å². The minimum atomic E-state index is -0.106. The number of carbonyl (C=O) groups is 1. The number of fused-ring (bicyclic) bond motifs is 1. The van der Waals surface area contributed by atoms with E-state index in [-0.39, 0.29) is 17.2 Å². The molecule has 1 fully saturated rings. The molecule has 0 unspecified atom stereocenters. The summed E-state index contributed by atoms with van der Waals surface area (Å²) in [7, 11) is 0. The summed E-state index contributed by atoms with van der Waals surface area (Å²) in [5.74, 6) is 0.399. The lowest BCUT2D eigenvalue weighted by molar-refractivity contribution is -0.129. The van der Waals surface area contributed by atoms with E-state index in [0.29, 0.717) is 16.1 Å². The average Bonchev–Trinajstić information content (AvgIpc) is 2.74. The largest absolute Gasteiger partial charge is 0.342 e. The molecule has 150 valence electrons. The summed E-state index contributed by atoms with van der Waals surface area (Å²) in [4.78, 5) is 32.7. The minimum absolute atomic E-state index is 0.106. The van der Waals surface area contributed by atoms with Gasteiger partial charge in [0, 0.05) is 16.7 Å². The molecule has 29 heavy (non-hydrogen) atoms. The highest BCUT2D eigenvalue weighted by molar-refractivity contribution is 14.1. The van der Waals surface area contributed by atoms with E-state index in [1.54, 1.807) is 4.57 Å². The number of hydrogen-bond donors (Lipinski definition) is 0. The van der Waals surface area contributed by atoms with E-state index >= 15 is 0 Å². The number of aryl methyl sites for hydroxylation is 1. The lowest BCUT2D eigenvalue weighted by Crippen LogP contribution is -2.36. The van der Waals surface area contributed by atoms with Gasteiger partial charge in [0.15, 0.2) is 5.16 Å². The number of benzene rings is 2. The predicted octanol–water partition coefficient (Wildman–Crippen LogP) is 4.40. The molecule has 0 N–H and O–H groups in total. The van der Waals surface area contributed by atoms with Gasteiger partial charge in [-0.15, -0.1) is 0 Å². The number of carbonyl (C=O) groups excluding carboxylic acids is 1. The second-order valence-electron chi connectivity index (χ2n) is 7.26. The molecule has 7 heteroatoms. The van der Waals surface area contributed by atoms with Gasteiger partial charge in [0.25, 0.3) is 5.56 Å². The first-order valence-corrected chi connectivity index (χ1v) is 11.8. The maximum atomic E-state index is 13.3. The second-order valence-corrected chi connectivity index (χ2v) is 9.45. The number of rotatable bonds is 4. The first-order valence-electron chi connectivity index (χ1n) is 9.73. The van der Waals surface area contributed by atoms with Crippen molar-refractivity contribution in [2.45, 2.75) is 31.3 Å². The Morgan fingerprint density at radius 3 is 2.55 bits per heavy atom. The fourth-order valence-electron chi connectivity index (χ4n) is 3.52. The third-order valence-electron chi connectivity index (χ3n) is 5.13. The smallest absolute Gasteiger partial charge is 0.266 e. The molecule has 0 atom stereocenters. The molecule has 1 saturated heterocycles. The van der Waals surface area contributed by atoms with Gasteiger partial charge in [0.05, 0.1) is 22.3 Å². The molecule has 0 radical (unpaired) electrons. The van der Waals surface area contributed by atoms with Crippen molar-refractivity contribution >= 4 is 51.2 Å². The van der Waals surface area contributed by atoms with Crippen LogP contribution in [0.5, 0.6) is 0 Å². The van der Waals surface area contributed by atoms with Crippen molar-refractivity contribution in [3.05, 3.63) is 62.0 Å². The molecule has 2 heterocycles. The Morgan fingerprint density at radius 2 is 1.83 bits per heavy atom. The maximum absolute atomic E-state index is 13.3. The summed E-state index contributed by atoms with van der Waals surface area (Å²) in [5.41, 5.74) is 2.44. The fourth-order valence-corrected chi connectivity index (χ4v) is 4.92. The van der Waals surface area contributed by atoms with Crippen LogP contribution in [0.2, 0.25) is 0 Å². The molecule has 1 aliphatic heterocycles. The zero-order valence-corrected chi connectivity index (χ0v) is 19.2. The van der Waals surface area contributed by atoms with Crippen molar-refractivity contribution in [3.8, 4) is 5.69 Å². The monoisotopic (exact) mass is 519 g/mol. The Bertz CT molecular complexity index is 1110. The average molecular weight is 519 g/mol. The molecule has 3 aromatic rings. The van der Waals surface area contributed by atoms with E-state index in [1.165, 1.54) is 18.2 Å². The van der Waals surface area contributed by atoms with Crippen LogP contribution in [0.25, 0.3) is 16.6 Å². The van der Waals surface area contributed by atoms with Crippen molar-refractivity contribution < 1.29 is 4.79 Å². The quantitative estimate of drug-likeness (QED) is 0.291. The predicted molar refractivity (Wildman–Crippen MR) is 126 cm³/mol. The number of thioether (sulfide) groups is 1. The third-order valence-corrected chi connectivity index (χ3v) is 6.72. The van der Waals surface area contributed by atoms with E-state index in [4.69, 9.17) is 4.98 Å². The Kier molecular flexibility index (Phi) is 6.24. The molecular weight excluding hydrogens is 497 g/mol. The summed E-state index contributed by atoms with van der Waals surface area (Å²) in [6, 6.07) is 13.5. The minimum Gasteiger partial charge on any atom is -0.342 e. The van der Waals surface area contributed by atoms with Gasteiger partial charge in [-0.2, -0.15) is 0 Å². The van der Waals surface area contributed by atoms with Gasteiger partial charge < -0.3 is 4.90 Å². The van der Waals surface area contributed by atoms with Crippen molar-refractivity contribution in [1.29, 1.82) is 0 Å². The Balaban J connectivity index is 1.73. The normalized spacial score (nSPS) is 14.3. The number of amides is 1. The molecule has 1 aromatic heterocycles. The zero-order valence-electron chi connectivity index (χ0n) is 16.2. The molecule has 0 spiro atoms. The van der Waals surface area contributed by atoms with Crippen LogP contribution >= 0.6 is 34.4 Å². The zero-order chi connectivity index (χ0) is 20.4. The van der Waals surface area contributed by atoms with Crippen molar-refractivity contribution in [1.82, 2.24) is 14.5 Å². The summed E-state index contributed by atoms with van der Waals surface area (Å²) in [5, 5.41) is 1.14. The van der Waals surface area contributed by atoms with E-state index in [1.807, 2.05) is 54.3 Å². The number of piperidine rings is 1. The fraction of sp³-hybridized carbons (Fsp3) is 0.318. The van der Waals surface area contributed by atoms with Crippen LogP contribution in [0.4, 0.5) is 0 Å². The van der Waals surface area contributed by atoms with Crippen LogP contribution in [-0.2, 0) is 4.79 Å². The highest BCUT2D eigenvalue weighted by Crippen LogP contribution is 2.23. The van der Waals surface area contributed by atoms with E-state index in [0.717, 1.165) is 40.8 Å². The highest BCUT2D eigenvalue weighted by Gasteiger charge is 2.19. The lowest BCUT2D eigenvalue weighted by atomic mass is 10.1. The van der Waals surface area contributed by atoms with Crippen LogP contribution < -0.4 is 5.56 Å². The van der Waals surface area contributed by atoms with E-state index in [2.05, 4.69) is 22.6 Å². The molecule has 0 aliphatic carbocycles. The molecule has 0 bridgehead atoms. The Labute approximate surface area is 187 Å². The van der Waals surface area contributed by atoms with E-state index < -0.39 is 0 Å². The summed E-state index contributed by atoms with van der Waals surface area (Å²) in [6.45, 7) is 3.67. The van der Waals surface area contributed by atoms with Gasteiger partial charge in [-0.25, -0.2) is 4.98 Å². The molecule has 2 aromatic carbocycles. The Hall–Kier alpha value is -1.87. The number of halogens is 1. The SMILES string of the molecule is Cc1ccc(-n2c(SCC(=O)N3CCCCC3)nc3ccc(I)cc3c2=O)cc1. The molecule has 4 rings (SSSR count). The van der Waals surface area contributed by atoms with Crippen molar-refractivity contribution in [3.63, 3.8) is 0 Å². The standard InChI is InChI=1S/C22H22IN3O2S/c1-15-5-8-17(9-6-15)26-21(28)18-13-16(23)7-10-19(18)24-22(26)29-14-20(27)25-11-3-2-4-12-25/h5-10,13H,2-4,11-12,14H2,1H3. The molecule has 1 aliphatic rings. The second kappa shape index (κ2) is 8.87. The molecule has 5 nitrogen and oxygen atoms in total. The highest BCUT2D eigenvalue weighted by atomic mass is 127. The third kappa shape index (κ3) is 4.50. The Morgan fingerprint density at radius 1 is 1.10 bits per heavy atom. The van der Waals surface area contributed by atoms with Crippen molar-refractivity contribution in [2.75, 3.05) is 18.8 Å². The van der Waals surface area contributed by atoms with Gasteiger partial charge in [-0.1, -0.05) is 29.5 Å². The lowest BCUT2D eigenvalue weighted by Gasteiger charge is -2.26. The van der Waals surface area contributed by atoms with Gasteiger partial charge in [0.2, 0.25) is 5.91 Å². The van der Waals surface area contributed by atoms with E-state index in [9.17, 15) is 9.59 Å². The van der Waals surface area contributed by atoms with Crippen LogP contribution in [0.1, 0.15) is 24.8 Å². The van der Waals surface area contributed by atoms with Crippen molar-refractivity contribution in [2.24, 2.45) is 0 Å². The topological polar surface area (TPSA) is 55.2 Å². The maximum Gasteiger partial charge on any atom is 0.266 e. The van der Waals surface area contributed by atoms with Crippen LogP contribution in [0.3, 0.4) is 0 Å². The van der Waals surface area contributed by atoms with Gasteiger partial charge in [-0.3, -0.25) is 14.2 Å². The number of nitrogens with zero attached hydrogens (tertiary/aromatic N) is 3. The van der Waals surface area contributed by atoms with Gasteiger partial charge >= 0.3 is 0 Å². The molecule has 0 saturated carbocycles.